The van der Waals surface area contributed by atoms with Crippen LogP contribution in [0.1, 0.15) is 12.5 Å². The average molecular weight is 476 g/mol. The van der Waals surface area contributed by atoms with Crippen molar-refractivity contribution in [1.29, 1.82) is 0 Å². The van der Waals surface area contributed by atoms with Crippen LogP contribution in [-0.2, 0) is 16.1 Å². The van der Waals surface area contributed by atoms with Gasteiger partial charge in [0.15, 0.2) is 4.80 Å². The maximum atomic E-state index is 12.4. The molecule has 2 aromatic carbocycles. The van der Waals surface area contributed by atoms with Crippen LogP contribution in [0.3, 0.4) is 0 Å². The number of halogens is 1. The fourth-order valence-corrected chi connectivity index (χ4v) is 4.27. The standard InChI is InChI=1S/C20H18BrN3O4S/c1-2-28-12-11-23-17-9-6-15(21)13-18(17)29-20(23)22-19(25)10-5-14-3-7-16(8-4-14)24(26)27/h3-10,13H,2,11-12H2,1H3/b10-5-,22-20?. The van der Waals surface area contributed by atoms with E-state index < -0.39 is 10.8 Å². The van der Waals surface area contributed by atoms with Gasteiger partial charge in [0.25, 0.3) is 11.6 Å². The van der Waals surface area contributed by atoms with E-state index in [9.17, 15) is 14.9 Å². The first-order chi connectivity index (χ1) is 14.0. The number of ether oxygens (including phenoxy) is 1. The second-order valence-corrected chi connectivity index (χ2v) is 7.90. The van der Waals surface area contributed by atoms with Gasteiger partial charge in [0.2, 0.25) is 0 Å². The zero-order valence-electron chi connectivity index (χ0n) is 15.6. The summed E-state index contributed by atoms with van der Waals surface area (Å²) in [6.07, 6.45) is 2.94. The molecule has 9 heteroatoms. The number of hydrogen-bond donors (Lipinski definition) is 0. The Morgan fingerprint density at radius 2 is 2.07 bits per heavy atom. The van der Waals surface area contributed by atoms with E-state index in [0.717, 1.165) is 14.7 Å². The van der Waals surface area contributed by atoms with Gasteiger partial charge in [0, 0.05) is 35.8 Å². The predicted molar refractivity (Wildman–Crippen MR) is 117 cm³/mol. The topological polar surface area (TPSA) is 86.7 Å². The lowest BCUT2D eigenvalue weighted by molar-refractivity contribution is -0.384. The molecule has 1 aromatic heterocycles. The summed E-state index contributed by atoms with van der Waals surface area (Å²) in [7, 11) is 0. The van der Waals surface area contributed by atoms with Gasteiger partial charge in [-0.3, -0.25) is 14.9 Å². The molecule has 150 valence electrons. The Bertz CT molecular complexity index is 1130. The predicted octanol–water partition coefficient (Wildman–Crippen LogP) is 4.55. The molecule has 0 aliphatic carbocycles. The normalized spacial score (nSPS) is 12.1. The van der Waals surface area contributed by atoms with Crippen LogP contribution in [0.5, 0.6) is 0 Å². The molecule has 0 aliphatic heterocycles. The van der Waals surface area contributed by atoms with E-state index in [1.54, 1.807) is 18.2 Å². The van der Waals surface area contributed by atoms with Gasteiger partial charge in [-0.15, -0.1) is 0 Å². The number of carbonyl (C=O) groups excluding carboxylic acids is 1. The fraction of sp³-hybridized carbons (Fsp3) is 0.200. The molecule has 0 N–H and O–H groups in total. The number of nitro benzene ring substituents is 1. The van der Waals surface area contributed by atoms with Gasteiger partial charge in [-0.1, -0.05) is 27.3 Å². The number of rotatable bonds is 7. The van der Waals surface area contributed by atoms with Gasteiger partial charge in [0.05, 0.1) is 21.7 Å². The second kappa shape index (κ2) is 9.73. The Morgan fingerprint density at radius 1 is 1.31 bits per heavy atom. The largest absolute Gasteiger partial charge is 0.380 e. The summed E-state index contributed by atoms with van der Waals surface area (Å²) in [5, 5.41) is 10.7. The molecule has 3 rings (SSSR count). The number of aromatic nitrogens is 1. The van der Waals surface area contributed by atoms with Crippen LogP contribution in [0, 0.1) is 10.1 Å². The van der Waals surface area contributed by atoms with Crippen LogP contribution in [0.4, 0.5) is 5.69 Å². The van der Waals surface area contributed by atoms with E-state index >= 15 is 0 Å². The molecule has 0 saturated carbocycles. The number of non-ortho nitro benzene ring substituents is 1. The second-order valence-electron chi connectivity index (χ2n) is 5.98. The number of amides is 1. The highest BCUT2D eigenvalue weighted by molar-refractivity contribution is 9.10. The summed E-state index contributed by atoms with van der Waals surface area (Å²) < 4.78 is 9.40. The number of benzene rings is 2. The molecule has 3 aromatic rings. The number of hydrogen-bond acceptors (Lipinski definition) is 5. The smallest absolute Gasteiger partial charge is 0.272 e. The zero-order chi connectivity index (χ0) is 20.8. The minimum atomic E-state index is -0.463. The van der Waals surface area contributed by atoms with Crippen LogP contribution in [-0.4, -0.2) is 28.6 Å². The quantitative estimate of drug-likeness (QED) is 0.217. The summed E-state index contributed by atoms with van der Waals surface area (Å²) >= 11 is 4.90. The molecule has 0 aliphatic rings. The molecule has 7 nitrogen and oxygen atoms in total. The number of fused-ring (bicyclic) bond motifs is 1. The van der Waals surface area contributed by atoms with Crippen molar-refractivity contribution in [1.82, 2.24) is 4.57 Å². The zero-order valence-corrected chi connectivity index (χ0v) is 18.0. The van der Waals surface area contributed by atoms with Gasteiger partial charge >= 0.3 is 0 Å². The number of nitrogens with zero attached hydrogens (tertiary/aromatic N) is 3. The lowest BCUT2D eigenvalue weighted by Gasteiger charge is -2.05. The van der Waals surface area contributed by atoms with Crippen molar-refractivity contribution < 1.29 is 14.5 Å². The van der Waals surface area contributed by atoms with Crippen molar-refractivity contribution in [2.45, 2.75) is 13.5 Å². The van der Waals surface area contributed by atoms with Crippen molar-refractivity contribution in [3.8, 4) is 0 Å². The van der Waals surface area contributed by atoms with E-state index in [1.807, 2.05) is 29.7 Å². The number of nitro groups is 1. The van der Waals surface area contributed by atoms with Crippen molar-refractivity contribution in [3.63, 3.8) is 0 Å². The van der Waals surface area contributed by atoms with Crippen LogP contribution < -0.4 is 4.80 Å². The van der Waals surface area contributed by atoms with Crippen LogP contribution in [0.15, 0.2) is 58.0 Å². The third-order valence-corrected chi connectivity index (χ3v) is 5.57. The average Bonchev–Trinajstić information content (AvgIpc) is 3.03. The first-order valence-corrected chi connectivity index (χ1v) is 10.5. The summed E-state index contributed by atoms with van der Waals surface area (Å²) in [6.45, 7) is 3.68. The van der Waals surface area contributed by atoms with Gasteiger partial charge in [-0.25, -0.2) is 0 Å². The highest BCUT2D eigenvalue weighted by atomic mass is 79.9. The third-order valence-electron chi connectivity index (χ3n) is 4.04. The highest BCUT2D eigenvalue weighted by Gasteiger charge is 2.08. The SMILES string of the molecule is CCOCCn1c(=NC(=O)/C=C\c2ccc([N+](=O)[O-])cc2)sc2cc(Br)ccc21. The van der Waals surface area contributed by atoms with Gasteiger partial charge in [-0.05, 0) is 48.9 Å². The van der Waals surface area contributed by atoms with E-state index in [2.05, 4.69) is 20.9 Å². The molecule has 0 bridgehead atoms. The van der Waals surface area contributed by atoms with Crippen molar-refractivity contribution in [2.24, 2.45) is 4.99 Å². The maximum absolute atomic E-state index is 12.4. The minimum Gasteiger partial charge on any atom is -0.380 e. The Morgan fingerprint density at radius 3 is 2.76 bits per heavy atom. The highest BCUT2D eigenvalue weighted by Crippen LogP contribution is 2.22. The Hall–Kier alpha value is -2.62. The van der Waals surface area contributed by atoms with Crippen LogP contribution in [0.25, 0.3) is 16.3 Å². The summed E-state index contributed by atoms with van der Waals surface area (Å²) in [5.41, 5.74) is 1.68. The Kier molecular flexibility index (Phi) is 7.08. The monoisotopic (exact) mass is 475 g/mol. The minimum absolute atomic E-state index is 0.00457. The maximum Gasteiger partial charge on any atom is 0.272 e. The lowest BCUT2D eigenvalue weighted by atomic mass is 10.2. The van der Waals surface area contributed by atoms with E-state index in [0.29, 0.717) is 30.1 Å². The Labute approximate surface area is 179 Å². The molecule has 29 heavy (non-hydrogen) atoms. The fourth-order valence-electron chi connectivity index (χ4n) is 2.65. The van der Waals surface area contributed by atoms with Gasteiger partial charge in [-0.2, -0.15) is 4.99 Å². The molecular formula is C20H18BrN3O4S. The van der Waals surface area contributed by atoms with Gasteiger partial charge in [0.1, 0.15) is 0 Å². The van der Waals surface area contributed by atoms with Gasteiger partial charge < -0.3 is 9.30 Å². The molecule has 1 amide bonds. The third kappa shape index (κ3) is 5.47. The molecule has 1 heterocycles. The molecule has 0 radical (unpaired) electrons. The summed E-state index contributed by atoms with van der Waals surface area (Å²) in [4.78, 5) is 27.5. The van der Waals surface area contributed by atoms with Crippen LogP contribution in [0.2, 0.25) is 0 Å². The van der Waals surface area contributed by atoms with E-state index in [4.69, 9.17) is 4.74 Å². The molecule has 0 unspecified atom stereocenters. The first-order valence-electron chi connectivity index (χ1n) is 8.86. The summed E-state index contributed by atoms with van der Waals surface area (Å²) in [6, 6.07) is 11.9. The summed E-state index contributed by atoms with van der Waals surface area (Å²) in [5.74, 6) is -0.404. The molecular weight excluding hydrogens is 458 g/mol. The number of thiazole rings is 1. The molecule has 0 atom stereocenters. The van der Waals surface area contributed by atoms with E-state index in [-0.39, 0.29) is 5.69 Å². The van der Waals surface area contributed by atoms with Crippen molar-refractivity contribution in [2.75, 3.05) is 13.2 Å². The van der Waals surface area contributed by atoms with Crippen molar-refractivity contribution >= 4 is 55.2 Å². The molecule has 0 fully saturated rings. The lowest BCUT2D eigenvalue weighted by Crippen LogP contribution is -2.19. The van der Waals surface area contributed by atoms with Crippen molar-refractivity contribution in [3.05, 3.63) is 73.5 Å². The van der Waals surface area contributed by atoms with Crippen LogP contribution >= 0.6 is 27.3 Å². The first kappa shape index (κ1) is 21.1. The molecule has 0 saturated heterocycles. The van der Waals surface area contributed by atoms with E-state index in [1.165, 1.54) is 29.5 Å². The molecule has 0 spiro atoms. The Balaban J connectivity index is 1.88. The number of carbonyl (C=O) groups is 1.